The predicted octanol–water partition coefficient (Wildman–Crippen LogP) is 2.56. The molecule has 0 aromatic carbocycles. The van der Waals surface area contributed by atoms with Crippen LogP contribution >= 0.6 is 0 Å². The van der Waals surface area contributed by atoms with Crippen molar-refractivity contribution in [3.63, 3.8) is 0 Å². The first-order chi connectivity index (χ1) is 7.41. The standard InChI is InChI=1S/C12H27N.H4N2/c1-3-5-7-9-11-13-12-10-8-6-4-2;1-2/h13H,3-12H2,1-2H3;1-2H2. The molecule has 0 radical (unpaired) electrons. The van der Waals surface area contributed by atoms with Gasteiger partial charge in [0.25, 0.3) is 0 Å². The number of hydrazine groups is 1. The minimum Gasteiger partial charge on any atom is -0.317 e. The van der Waals surface area contributed by atoms with Gasteiger partial charge >= 0.3 is 0 Å². The zero-order valence-corrected chi connectivity index (χ0v) is 10.7. The second-order valence-corrected chi connectivity index (χ2v) is 3.87. The van der Waals surface area contributed by atoms with Gasteiger partial charge in [0, 0.05) is 0 Å². The first kappa shape index (κ1) is 17.3. The SMILES string of the molecule is CCCCCCNCCCCCC.NN. The molecule has 5 N–H and O–H groups in total. The number of nitrogens with two attached hydrogens (primary N) is 2. The van der Waals surface area contributed by atoms with Crippen LogP contribution in [0.25, 0.3) is 0 Å². The Balaban J connectivity index is 0. The molecule has 3 heteroatoms. The molecule has 0 aromatic heterocycles. The number of hydrogen-bond acceptors (Lipinski definition) is 3. The van der Waals surface area contributed by atoms with E-state index >= 15 is 0 Å². The van der Waals surface area contributed by atoms with E-state index < -0.39 is 0 Å². The van der Waals surface area contributed by atoms with E-state index in [1.54, 1.807) is 0 Å². The molecule has 0 aliphatic rings. The summed E-state index contributed by atoms with van der Waals surface area (Å²) >= 11 is 0. The molecule has 0 aliphatic heterocycles. The molecule has 0 aliphatic carbocycles. The van der Waals surface area contributed by atoms with Crippen LogP contribution in [0.2, 0.25) is 0 Å². The second-order valence-electron chi connectivity index (χ2n) is 3.87. The fraction of sp³-hybridized carbons (Fsp3) is 1.00. The van der Waals surface area contributed by atoms with Crippen LogP contribution in [0.5, 0.6) is 0 Å². The Morgan fingerprint density at radius 1 is 0.667 bits per heavy atom. The molecule has 0 heterocycles. The first-order valence-corrected chi connectivity index (χ1v) is 6.45. The van der Waals surface area contributed by atoms with Gasteiger partial charge in [-0.25, -0.2) is 0 Å². The van der Waals surface area contributed by atoms with Gasteiger partial charge in [-0.05, 0) is 25.9 Å². The Kier molecular flexibility index (Phi) is 22.4. The quantitative estimate of drug-likeness (QED) is 0.299. The summed E-state index contributed by atoms with van der Waals surface area (Å²) in [6.45, 7) is 6.98. The van der Waals surface area contributed by atoms with Crippen molar-refractivity contribution in [3.05, 3.63) is 0 Å². The van der Waals surface area contributed by atoms with E-state index in [4.69, 9.17) is 0 Å². The Labute approximate surface area is 96.0 Å². The largest absolute Gasteiger partial charge is 0.317 e. The third-order valence-corrected chi connectivity index (χ3v) is 2.41. The summed E-state index contributed by atoms with van der Waals surface area (Å²) in [5.74, 6) is 8.00. The lowest BCUT2D eigenvalue weighted by Crippen LogP contribution is -2.16. The molecule has 0 saturated carbocycles. The normalized spacial score (nSPS) is 9.60. The summed E-state index contributed by atoms with van der Waals surface area (Å²) in [6.07, 6.45) is 11.0. The molecule has 0 unspecified atom stereocenters. The smallest absolute Gasteiger partial charge is 0.00489 e. The van der Waals surface area contributed by atoms with Gasteiger partial charge in [-0.2, -0.15) is 0 Å². The third-order valence-electron chi connectivity index (χ3n) is 2.41. The molecular formula is C12H31N3. The maximum absolute atomic E-state index is 4.00. The minimum atomic E-state index is 1.23. The molecule has 0 atom stereocenters. The molecule has 3 nitrogen and oxygen atoms in total. The van der Waals surface area contributed by atoms with Gasteiger partial charge in [-0.3, -0.25) is 11.7 Å². The van der Waals surface area contributed by atoms with Crippen molar-refractivity contribution < 1.29 is 0 Å². The Hall–Kier alpha value is -0.120. The predicted molar refractivity (Wildman–Crippen MR) is 69.5 cm³/mol. The highest BCUT2D eigenvalue weighted by Gasteiger charge is 1.89. The molecule has 0 fully saturated rings. The van der Waals surface area contributed by atoms with Crippen molar-refractivity contribution in [1.29, 1.82) is 0 Å². The fourth-order valence-corrected chi connectivity index (χ4v) is 1.48. The zero-order valence-electron chi connectivity index (χ0n) is 10.7. The van der Waals surface area contributed by atoms with Gasteiger partial charge < -0.3 is 5.32 Å². The number of hydrogen-bond donors (Lipinski definition) is 3. The molecule has 0 rings (SSSR count). The van der Waals surface area contributed by atoms with Crippen molar-refractivity contribution in [2.75, 3.05) is 13.1 Å². The summed E-state index contributed by atoms with van der Waals surface area (Å²) in [5.41, 5.74) is 0. The van der Waals surface area contributed by atoms with Gasteiger partial charge in [0.1, 0.15) is 0 Å². The Bertz CT molecular complexity index is 76.9. The van der Waals surface area contributed by atoms with E-state index in [0.29, 0.717) is 0 Å². The minimum absolute atomic E-state index is 1.23. The third kappa shape index (κ3) is 20.1. The van der Waals surface area contributed by atoms with Crippen LogP contribution in [0.3, 0.4) is 0 Å². The highest BCUT2D eigenvalue weighted by atomic mass is 15.0. The summed E-state index contributed by atoms with van der Waals surface area (Å²) in [6, 6.07) is 0. The van der Waals surface area contributed by atoms with E-state index in [0.717, 1.165) is 0 Å². The Morgan fingerprint density at radius 3 is 1.40 bits per heavy atom. The molecule has 0 spiro atoms. The van der Waals surface area contributed by atoms with Crippen LogP contribution in [-0.2, 0) is 0 Å². The number of nitrogens with one attached hydrogen (secondary N) is 1. The van der Waals surface area contributed by atoms with E-state index in [-0.39, 0.29) is 0 Å². The van der Waals surface area contributed by atoms with Crippen LogP contribution in [0.1, 0.15) is 65.2 Å². The monoisotopic (exact) mass is 217 g/mol. The molecule has 15 heavy (non-hydrogen) atoms. The topological polar surface area (TPSA) is 64.1 Å². The lowest BCUT2D eigenvalue weighted by atomic mass is 10.2. The molecule has 0 bridgehead atoms. The van der Waals surface area contributed by atoms with Gasteiger partial charge in [0.15, 0.2) is 0 Å². The molecule has 0 saturated heterocycles. The van der Waals surface area contributed by atoms with Crippen molar-refractivity contribution >= 4 is 0 Å². The van der Waals surface area contributed by atoms with Crippen LogP contribution < -0.4 is 17.0 Å². The second kappa shape index (κ2) is 19.5. The van der Waals surface area contributed by atoms with E-state index in [9.17, 15) is 0 Å². The van der Waals surface area contributed by atoms with Crippen LogP contribution in [0.15, 0.2) is 0 Å². The van der Waals surface area contributed by atoms with Gasteiger partial charge in [-0.1, -0.05) is 52.4 Å². The maximum Gasteiger partial charge on any atom is -0.00489 e. The Morgan fingerprint density at radius 2 is 1.07 bits per heavy atom. The number of unbranched alkanes of at least 4 members (excludes halogenated alkanes) is 6. The lowest BCUT2D eigenvalue weighted by molar-refractivity contribution is 0.564. The average Bonchev–Trinajstić information content (AvgIpc) is 2.30. The van der Waals surface area contributed by atoms with Gasteiger partial charge in [0.05, 0.1) is 0 Å². The van der Waals surface area contributed by atoms with E-state index in [1.807, 2.05) is 0 Å². The van der Waals surface area contributed by atoms with E-state index in [2.05, 4.69) is 30.8 Å². The van der Waals surface area contributed by atoms with Crippen molar-refractivity contribution in [2.24, 2.45) is 11.7 Å². The summed E-state index contributed by atoms with van der Waals surface area (Å²) in [5, 5.41) is 3.50. The average molecular weight is 217 g/mol. The summed E-state index contributed by atoms with van der Waals surface area (Å²) < 4.78 is 0. The molecule has 0 amide bonds. The molecule has 94 valence electrons. The fourth-order valence-electron chi connectivity index (χ4n) is 1.48. The van der Waals surface area contributed by atoms with Crippen molar-refractivity contribution in [2.45, 2.75) is 65.2 Å². The lowest BCUT2D eigenvalue weighted by Gasteiger charge is -2.03. The molecule has 0 aromatic rings. The van der Waals surface area contributed by atoms with Crippen LogP contribution in [0, 0.1) is 0 Å². The highest BCUT2D eigenvalue weighted by Crippen LogP contribution is 1.98. The summed E-state index contributed by atoms with van der Waals surface area (Å²) in [7, 11) is 0. The zero-order chi connectivity index (χ0) is 11.8. The number of rotatable bonds is 10. The van der Waals surface area contributed by atoms with Crippen molar-refractivity contribution in [3.8, 4) is 0 Å². The van der Waals surface area contributed by atoms with Crippen molar-refractivity contribution in [1.82, 2.24) is 5.32 Å². The summed E-state index contributed by atoms with van der Waals surface area (Å²) in [4.78, 5) is 0. The van der Waals surface area contributed by atoms with Crippen LogP contribution in [0.4, 0.5) is 0 Å². The molecular weight excluding hydrogens is 186 g/mol. The highest BCUT2D eigenvalue weighted by molar-refractivity contribution is 4.49. The maximum atomic E-state index is 4.00. The van der Waals surface area contributed by atoms with Crippen LogP contribution in [-0.4, -0.2) is 13.1 Å². The van der Waals surface area contributed by atoms with Gasteiger partial charge in [0.2, 0.25) is 0 Å². The first-order valence-electron chi connectivity index (χ1n) is 6.45. The van der Waals surface area contributed by atoms with E-state index in [1.165, 1.54) is 64.5 Å². The van der Waals surface area contributed by atoms with Gasteiger partial charge in [-0.15, -0.1) is 0 Å².